The molecule has 1 aromatic heterocycles. The Hall–Kier alpha value is -0.840. The van der Waals surface area contributed by atoms with E-state index in [0.717, 1.165) is 42.2 Å². The topological polar surface area (TPSA) is 36.9 Å². The highest BCUT2D eigenvalue weighted by Crippen LogP contribution is 2.25. The average molecular weight is 240 g/mol. The first-order valence-electron chi connectivity index (χ1n) is 6.03. The van der Waals surface area contributed by atoms with Crippen molar-refractivity contribution in [3.05, 3.63) is 4.77 Å². The van der Waals surface area contributed by atoms with E-state index in [1.54, 1.807) is 0 Å². The second-order valence-electron chi connectivity index (χ2n) is 4.76. The number of H-pyrrole nitrogens is 1. The van der Waals surface area contributed by atoms with E-state index in [1.165, 1.54) is 6.42 Å². The molecular weight excluding hydrogens is 220 g/mol. The van der Waals surface area contributed by atoms with Crippen molar-refractivity contribution in [2.75, 3.05) is 18.0 Å². The molecule has 0 amide bonds. The molecule has 2 atom stereocenters. The summed E-state index contributed by atoms with van der Waals surface area (Å²) in [5.41, 5.74) is 0. The fraction of sp³-hybridized carbons (Fsp3) is 0.818. The SMILES string of the molecule is CCn1c(N2CCC(C)C(C)C2)n[nH]c1=S. The summed E-state index contributed by atoms with van der Waals surface area (Å²) in [6.07, 6.45) is 1.24. The number of hydrogen-bond donors (Lipinski definition) is 1. The summed E-state index contributed by atoms with van der Waals surface area (Å²) < 4.78 is 2.79. The Morgan fingerprint density at radius 1 is 1.44 bits per heavy atom. The lowest BCUT2D eigenvalue weighted by Gasteiger charge is -2.35. The molecule has 2 heterocycles. The number of hydrogen-bond acceptors (Lipinski definition) is 3. The van der Waals surface area contributed by atoms with Crippen molar-refractivity contribution in [1.82, 2.24) is 14.8 Å². The van der Waals surface area contributed by atoms with Gasteiger partial charge in [-0.1, -0.05) is 13.8 Å². The van der Waals surface area contributed by atoms with E-state index in [-0.39, 0.29) is 0 Å². The van der Waals surface area contributed by atoms with E-state index in [4.69, 9.17) is 12.2 Å². The third-order valence-corrected chi connectivity index (χ3v) is 3.98. The van der Waals surface area contributed by atoms with Gasteiger partial charge in [-0.3, -0.25) is 4.57 Å². The lowest BCUT2D eigenvalue weighted by Crippen LogP contribution is -2.39. The fourth-order valence-electron chi connectivity index (χ4n) is 2.28. The van der Waals surface area contributed by atoms with E-state index in [1.807, 2.05) is 0 Å². The summed E-state index contributed by atoms with van der Waals surface area (Å²) in [4.78, 5) is 2.35. The molecule has 2 unspecified atom stereocenters. The smallest absolute Gasteiger partial charge is 0.225 e. The third kappa shape index (κ3) is 2.00. The van der Waals surface area contributed by atoms with E-state index in [0.29, 0.717) is 0 Å². The molecule has 2 rings (SSSR count). The van der Waals surface area contributed by atoms with Crippen molar-refractivity contribution < 1.29 is 0 Å². The largest absolute Gasteiger partial charge is 0.341 e. The number of nitrogens with zero attached hydrogens (tertiary/aromatic N) is 3. The molecule has 0 aliphatic carbocycles. The van der Waals surface area contributed by atoms with Gasteiger partial charge in [-0.2, -0.15) is 0 Å². The molecule has 0 saturated carbocycles. The predicted octanol–water partition coefficient (Wildman–Crippen LogP) is 2.44. The van der Waals surface area contributed by atoms with Crippen LogP contribution in [0.3, 0.4) is 0 Å². The van der Waals surface area contributed by atoms with Crippen LogP contribution >= 0.6 is 12.2 Å². The van der Waals surface area contributed by atoms with E-state index in [2.05, 4.69) is 40.4 Å². The summed E-state index contributed by atoms with van der Waals surface area (Å²) in [6.45, 7) is 9.80. The molecule has 0 spiro atoms. The van der Waals surface area contributed by atoms with E-state index in [9.17, 15) is 0 Å². The molecule has 1 aromatic rings. The maximum atomic E-state index is 5.21. The van der Waals surface area contributed by atoms with E-state index < -0.39 is 0 Å². The summed E-state index contributed by atoms with van der Waals surface area (Å²) in [6, 6.07) is 0. The predicted molar refractivity (Wildman–Crippen MR) is 68.2 cm³/mol. The summed E-state index contributed by atoms with van der Waals surface area (Å²) >= 11 is 5.21. The van der Waals surface area contributed by atoms with Gasteiger partial charge < -0.3 is 4.90 Å². The summed E-state index contributed by atoms with van der Waals surface area (Å²) in [5, 5.41) is 7.23. The second-order valence-corrected chi connectivity index (χ2v) is 5.15. The van der Waals surface area contributed by atoms with Gasteiger partial charge in [0.25, 0.3) is 0 Å². The average Bonchev–Trinajstić information content (AvgIpc) is 2.63. The number of anilines is 1. The first-order valence-corrected chi connectivity index (χ1v) is 6.44. The van der Waals surface area contributed by atoms with Gasteiger partial charge in [-0.05, 0) is 37.4 Å². The first-order chi connectivity index (χ1) is 7.63. The molecule has 1 aliphatic rings. The molecule has 0 bridgehead atoms. The standard InChI is InChI=1S/C11H20N4S/c1-4-15-10(12-13-11(15)16)14-6-5-8(2)9(3)7-14/h8-9H,4-7H2,1-3H3,(H,13,16). The Bertz CT molecular complexity index is 408. The van der Waals surface area contributed by atoms with Crippen molar-refractivity contribution in [1.29, 1.82) is 0 Å². The Balaban J connectivity index is 2.21. The Morgan fingerprint density at radius 3 is 2.81 bits per heavy atom. The molecule has 1 saturated heterocycles. The van der Waals surface area contributed by atoms with Gasteiger partial charge in [0, 0.05) is 19.6 Å². The van der Waals surface area contributed by atoms with Gasteiger partial charge in [0.15, 0.2) is 4.77 Å². The molecule has 1 N–H and O–H groups in total. The van der Waals surface area contributed by atoms with Crippen LogP contribution in [0, 0.1) is 16.6 Å². The second kappa shape index (κ2) is 4.57. The molecule has 0 radical (unpaired) electrons. The third-order valence-electron chi connectivity index (χ3n) is 3.67. The van der Waals surface area contributed by atoms with Crippen LogP contribution in [0.15, 0.2) is 0 Å². The zero-order valence-corrected chi connectivity index (χ0v) is 11.0. The highest BCUT2D eigenvalue weighted by Gasteiger charge is 2.25. The van der Waals surface area contributed by atoms with Crippen LogP contribution in [-0.4, -0.2) is 27.9 Å². The van der Waals surface area contributed by atoms with Crippen LogP contribution in [0.1, 0.15) is 27.2 Å². The molecule has 16 heavy (non-hydrogen) atoms. The van der Waals surface area contributed by atoms with Crippen LogP contribution in [0.4, 0.5) is 5.95 Å². The van der Waals surface area contributed by atoms with Crippen molar-refractivity contribution >= 4 is 18.2 Å². The molecule has 0 aromatic carbocycles. The van der Waals surface area contributed by atoms with Crippen molar-refractivity contribution in [2.45, 2.75) is 33.7 Å². The van der Waals surface area contributed by atoms with Crippen LogP contribution in [0.5, 0.6) is 0 Å². The maximum absolute atomic E-state index is 5.21. The van der Waals surface area contributed by atoms with Crippen LogP contribution < -0.4 is 4.90 Å². The van der Waals surface area contributed by atoms with Gasteiger partial charge in [-0.25, -0.2) is 5.10 Å². The van der Waals surface area contributed by atoms with Crippen LogP contribution in [-0.2, 0) is 6.54 Å². The van der Waals surface area contributed by atoms with Gasteiger partial charge in [0.2, 0.25) is 5.95 Å². The van der Waals surface area contributed by atoms with Crippen molar-refractivity contribution in [2.24, 2.45) is 11.8 Å². The maximum Gasteiger partial charge on any atom is 0.225 e. The molecule has 90 valence electrons. The Kier molecular flexibility index (Phi) is 3.33. The monoisotopic (exact) mass is 240 g/mol. The quantitative estimate of drug-likeness (QED) is 0.807. The van der Waals surface area contributed by atoms with Gasteiger partial charge >= 0.3 is 0 Å². The number of rotatable bonds is 2. The van der Waals surface area contributed by atoms with Crippen molar-refractivity contribution in [3.8, 4) is 0 Å². The minimum absolute atomic E-state index is 0.726. The number of piperidine rings is 1. The minimum Gasteiger partial charge on any atom is -0.341 e. The normalized spacial score (nSPS) is 26.1. The molecule has 4 nitrogen and oxygen atoms in total. The Morgan fingerprint density at radius 2 is 2.19 bits per heavy atom. The lowest BCUT2D eigenvalue weighted by molar-refractivity contribution is 0.320. The molecule has 5 heteroatoms. The Labute approximate surface area is 102 Å². The molecule has 1 aliphatic heterocycles. The first kappa shape index (κ1) is 11.6. The van der Waals surface area contributed by atoms with Crippen LogP contribution in [0.2, 0.25) is 0 Å². The lowest BCUT2D eigenvalue weighted by atomic mass is 9.89. The van der Waals surface area contributed by atoms with Crippen molar-refractivity contribution in [3.63, 3.8) is 0 Å². The number of aromatic amines is 1. The fourth-order valence-corrected chi connectivity index (χ4v) is 2.54. The minimum atomic E-state index is 0.726. The highest BCUT2D eigenvalue weighted by molar-refractivity contribution is 7.71. The highest BCUT2D eigenvalue weighted by atomic mass is 32.1. The van der Waals surface area contributed by atoms with Gasteiger partial charge in [0.1, 0.15) is 0 Å². The number of aromatic nitrogens is 3. The number of nitrogens with one attached hydrogen (secondary N) is 1. The van der Waals surface area contributed by atoms with Gasteiger partial charge in [-0.15, -0.1) is 5.10 Å². The summed E-state index contributed by atoms with van der Waals surface area (Å²) in [5.74, 6) is 2.55. The van der Waals surface area contributed by atoms with Gasteiger partial charge in [0.05, 0.1) is 0 Å². The zero-order valence-electron chi connectivity index (χ0n) is 10.2. The van der Waals surface area contributed by atoms with Crippen LogP contribution in [0.25, 0.3) is 0 Å². The zero-order chi connectivity index (χ0) is 11.7. The summed E-state index contributed by atoms with van der Waals surface area (Å²) in [7, 11) is 0. The van der Waals surface area contributed by atoms with E-state index >= 15 is 0 Å². The molecular formula is C11H20N4S. The molecule has 1 fully saturated rings.